The number of carbonyl (C=O) groups is 1. The Labute approximate surface area is 104 Å². The summed E-state index contributed by atoms with van der Waals surface area (Å²) in [5.74, 6) is -0.373. The maximum atomic E-state index is 11.6. The summed E-state index contributed by atoms with van der Waals surface area (Å²) in [6.07, 6.45) is 1.14. The molecule has 2 nitrogen and oxygen atoms in total. The molecule has 0 aliphatic rings. The van der Waals surface area contributed by atoms with Crippen LogP contribution >= 0.6 is 0 Å². The van der Waals surface area contributed by atoms with Gasteiger partial charge in [0.1, 0.15) is 0 Å². The van der Waals surface area contributed by atoms with Gasteiger partial charge in [-0.3, -0.25) is 0 Å². The van der Waals surface area contributed by atoms with Crippen molar-refractivity contribution in [3.63, 3.8) is 0 Å². The van der Waals surface area contributed by atoms with Gasteiger partial charge in [0.2, 0.25) is 0 Å². The molecule has 0 aromatic heterocycles. The zero-order valence-electron chi connectivity index (χ0n) is 8.48. The van der Waals surface area contributed by atoms with Crippen LogP contribution in [0, 0.1) is 0 Å². The van der Waals surface area contributed by atoms with Crippen LogP contribution in [0.2, 0.25) is 0 Å². The van der Waals surface area contributed by atoms with Crippen LogP contribution < -0.4 is 0 Å². The van der Waals surface area contributed by atoms with Crippen LogP contribution in [0.1, 0.15) is 10.4 Å². The first-order valence-electron chi connectivity index (χ1n) is 4.62. The Morgan fingerprint density at radius 2 is 1.81 bits per heavy atom. The largest absolute Gasteiger partial charge is 0.432 e. The third-order valence-electron chi connectivity index (χ3n) is 2.20. The van der Waals surface area contributed by atoms with Gasteiger partial charge in [-0.05, 0) is 16.8 Å². The number of fused-ring (bicyclic) bond motifs is 1. The van der Waals surface area contributed by atoms with Crippen molar-refractivity contribution in [2.75, 3.05) is 0 Å². The Morgan fingerprint density at radius 1 is 1.12 bits per heavy atom. The van der Waals surface area contributed by atoms with Crippen LogP contribution in [0.5, 0.6) is 0 Å². The normalized spacial score (nSPS) is 9.25. The van der Waals surface area contributed by atoms with E-state index in [9.17, 15) is 4.79 Å². The minimum absolute atomic E-state index is 0. The second-order valence-electron chi connectivity index (χ2n) is 3.10. The molecule has 0 spiro atoms. The van der Waals surface area contributed by atoms with E-state index in [4.69, 9.17) is 4.74 Å². The molecule has 0 aliphatic heterocycles. The van der Waals surface area contributed by atoms with Gasteiger partial charge in [-0.25, -0.2) is 4.79 Å². The molecule has 0 amide bonds. The van der Waals surface area contributed by atoms with Crippen molar-refractivity contribution in [2.45, 2.75) is 0 Å². The Hall–Kier alpha value is -1.58. The van der Waals surface area contributed by atoms with E-state index in [1.807, 2.05) is 36.4 Å². The molecule has 2 rings (SSSR count). The molecule has 0 saturated carbocycles. The van der Waals surface area contributed by atoms with Gasteiger partial charge in [-0.2, -0.15) is 0 Å². The molecule has 0 unspecified atom stereocenters. The molecule has 0 atom stereocenters. The van der Waals surface area contributed by atoms with Crippen LogP contribution in [0.3, 0.4) is 0 Å². The van der Waals surface area contributed by atoms with Crippen molar-refractivity contribution in [1.82, 2.24) is 0 Å². The molecule has 16 heavy (non-hydrogen) atoms. The molecule has 0 heterocycles. The molecule has 0 saturated heterocycles. The molecule has 2 aromatic rings. The predicted molar refractivity (Wildman–Crippen MR) is 59.6 cm³/mol. The molecule has 2 aromatic carbocycles. The molecule has 0 N–H and O–H groups in total. The Kier molecular flexibility index (Phi) is 4.28. The van der Waals surface area contributed by atoms with Gasteiger partial charge >= 0.3 is 5.97 Å². The zero-order chi connectivity index (χ0) is 10.7. The molecular weight excluding hydrogens is 247 g/mol. The van der Waals surface area contributed by atoms with E-state index in [0.717, 1.165) is 17.0 Å². The molecule has 83 valence electrons. The number of carbonyl (C=O) groups excluding carboxylic acids is 1. The van der Waals surface area contributed by atoms with Crippen molar-refractivity contribution in [3.05, 3.63) is 60.9 Å². The van der Waals surface area contributed by atoms with Gasteiger partial charge in [0.05, 0.1) is 11.8 Å². The quantitative estimate of drug-likeness (QED) is 0.610. The third kappa shape index (κ3) is 2.32. The Morgan fingerprint density at radius 3 is 2.56 bits per heavy atom. The van der Waals surface area contributed by atoms with E-state index >= 15 is 0 Å². The van der Waals surface area contributed by atoms with Crippen molar-refractivity contribution in [1.29, 1.82) is 0 Å². The fourth-order valence-electron chi connectivity index (χ4n) is 1.54. The van der Waals surface area contributed by atoms with Gasteiger partial charge in [-0.1, -0.05) is 43.0 Å². The molecule has 0 bridgehead atoms. The van der Waals surface area contributed by atoms with Gasteiger partial charge < -0.3 is 4.74 Å². The van der Waals surface area contributed by atoms with Crippen LogP contribution in [0.4, 0.5) is 0 Å². The van der Waals surface area contributed by atoms with E-state index in [0.29, 0.717) is 5.56 Å². The predicted octanol–water partition coefficient (Wildman–Crippen LogP) is 3.14. The maximum absolute atomic E-state index is 11.6. The SMILES string of the molecule is C=COC(=O)c1cccc2ccccc12.[Co]. The molecule has 0 fully saturated rings. The number of benzene rings is 2. The van der Waals surface area contributed by atoms with Gasteiger partial charge in [0.15, 0.2) is 0 Å². The zero-order valence-corrected chi connectivity index (χ0v) is 9.52. The fourth-order valence-corrected chi connectivity index (χ4v) is 1.54. The molecule has 1 radical (unpaired) electrons. The molecule has 0 aliphatic carbocycles. The van der Waals surface area contributed by atoms with Gasteiger partial charge in [0.25, 0.3) is 0 Å². The second-order valence-corrected chi connectivity index (χ2v) is 3.10. The number of hydrogen-bond acceptors (Lipinski definition) is 2. The van der Waals surface area contributed by atoms with E-state index in [1.54, 1.807) is 6.07 Å². The van der Waals surface area contributed by atoms with Crippen LogP contribution in [-0.2, 0) is 21.5 Å². The monoisotopic (exact) mass is 257 g/mol. The molecule has 3 heteroatoms. The first kappa shape index (κ1) is 12.5. The Balaban J connectivity index is 0.00000128. The second kappa shape index (κ2) is 5.49. The summed E-state index contributed by atoms with van der Waals surface area (Å²) in [7, 11) is 0. The van der Waals surface area contributed by atoms with Gasteiger partial charge in [-0.15, -0.1) is 0 Å². The average molecular weight is 257 g/mol. The van der Waals surface area contributed by atoms with Crippen LogP contribution in [0.15, 0.2) is 55.3 Å². The minimum Gasteiger partial charge on any atom is -0.432 e. The van der Waals surface area contributed by atoms with Gasteiger partial charge in [0, 0.05) is 16.8 Å². The van der Waals surface area contributed by atoms with Crippen LogP contribution in [-0.4, -0.2) is 5.97 Å². The average Bonchev–Trinajstić information content (AvgIpc) is 2.28. The number of ether oxygens (including phenoxy) is 1. The summed E-state index contributed by atoms with van der Waals surface area (Å²) in [5, 5.41) is 1.92. The van der Waals surface area contributed by atoms with Crippen molar-refractivity contribution >= 4 is 16.7 Å². The van der Waals surface area contributed by atoms with Crippen molar-refractivity contribution in [3.8, 4) is 0 Å². The summed E-state index contributed by atoms with van der Waals surface area (Å²) in [6.45, 7) is 3.36. The summed E-state index contributed by atoms with van der Waals surface area (Å²) >= 11 is 0. The summed E-state index contributed by atoms with van der Waals surface area (Å²) < 4.78 is 4.76. The first-order chi connectivity index (χ1) is 7.33. The number of rotatable bonds is 2. The molecular formula is C13H10CoO2. The maximum Gasteiger partial charge on any atom is 0.343 e. The van der Waals surface area contributed by atoms with E-state index < -0.39 is 0 Å². The minimum atomic E-state index is -0.373. The van der Waals surface area contributed by atoms with Crippen molar-refractivity contribution in [2.24, 2.45) is 0 Å². The van der Waals surface area contributed by atoms with Crippen molar-refractivity contribution < 1.29 is 26.3 Å². The standard InChI is InChI=1S/C13H10O2.Co/c1-2-15-13(14)12-9-5-7-10-6-3-4-8-11(10)12;/h2-9H,1H2;. The first-order valence-corrected chi connectivity index (χ1v) is 4.62. The van der Waals surface area contributed by atoms with Crippen LogP contribution in [0.25, 0.3) is 10.8 Å². The summed E-state index contributed by atoms with van der Waals surface area (Å²) in [6, 6.07) is 13.2. The summed E-state index contributed by atoms with van der Waals surface area (Å²) in [4.78, 5) is 11.6. The smallest absolute Gasteiger partial charge is 0.343 e. The van der Waals surface area contributed by atoms with E-state index in [2.05, 4.69) is 6.58 Å². The fraction of sp³-hybridized carbons (Fsp3) is 0. The van der Waals surface area contributed by atoms with E-state index in [1.165, 1.54) is 0 Å². The third-order valence-corrected chi connectivity index (χ3v) is 2.20. The van der Waals surface area contributed by atoms with E-state index in [-0.39, 0.29) is 22.7 Å². The Bertz CT molecular complexity index is 515. The number of esters is 1. The summed E-state index contributed by atoms with van der Waals surface area (Å²) in [5.41, 5.74) is 0.563. The topological polar surface area (TPSA) is 26.3 Å². The number of hydrogen-bond donors (Lipinski definition) is 0.